The molecule has 0 saturated carbocycles. The minimum absolute atomic E-state index is 0.0266. The maximum absolute atomic E-state index is 13.2. The minimum atomic E-state index is -0.894. The van der Waals surface area contributed by atoms with Crippen LogP contribution < -0.4 is 4.90 Å². The number of carboxylic acids is 1. The van der Waals surface area contributed by atoms with E-state index in [2.05, 4.69) is 5.16 Å². The number of aryl methyl sites for hydroxylation is 1. The summed E-state index contributed by atoms with van der Waals surface area (Å²) < 4.78 is 18.2. The molecule has 1 heterocycles. The zero-order valence-corrected chi connectivity index (χ0v) is 11.0. The topological polar surface area (TPSA) is 66.6 Å². The van der Waals surface area contributed by atoms with E-state index < -0.39 is 5.97 Å². The second-order valence-electron chi connectivity index (χ2n) is 4.49. The zero-order chi connectivity index (χ0) is 14.5. The molecule has 2 aromatic rings. The number of anilines is 1. The first-order valence-corrected chi connectivity index (χ1v) is 6.19. The van der Waals surface area contributed by atoms with Crippen molar-refractivity contribution in [2.45, 2.75) is 19.9 Å². The SMILES string of the molecule is Cc1cc(N(CCC(=O)O)Cc2cccc(F)c2)no1. The fraction of sp³-hybridized carbons (Fsp3) is 0.286. The molecule has 1 N–H and O–H groups in total. The summed E-state index contributed by atoms with van der Waals surface area (Å²) in [5, 5.41) is 12.7. The average Bonchev–Trinajstić information content (AvgIpc) is 2.81. The highest BCUT2D eigenvalue weighted by molar-refractivity contribution is 5.67. The number of aromatic nitrogens is 1. The summed E-state index contributed by atoms with van der Waals surface area (Å²) in [5.74, 6) is -0.0287. The van der Waals surface area contributed by atoms with E-state index in [4.69, 9.17) is 9.63 Å². The van der Waals surface area contributed by atoms with Crippen LogP contribution in [0.5, 0.6) is 0 Å². The van der Waals surface area contributed by atoms with Crippen LogP contribution in [0.2, 0.25) is 0 Å². The van der Waals surface area contributed by atoms with Gasteiger partial charge in [0.15, 0.2) is 5.82 Å². The molecule has 20 heavy (non-hydrogen) atoms. The Labute approximate surface area is 115 Å². The van der Waals surface area contributed by atoms with Crippen LogP contribution in [0.4, 0.5) is 10.2 Å². The van der Waals surface area contributed by atoms with E-state index in [-0.39, 0.29) is 18.8 Å². The Morgan fingerprint density at radius 1 is 1.45 bits per heavy atom. The van der Waals surface area contributed by atoms with Gasteiger partial charge in [-0.2, -0.15) is 0 Å². The van der Waals surface area contributed by atoms with E-state index >= 15 is 0 Å². The van der Waals surface area contributed by atoms with Gasteiger partial charge in [-0.1, -0.05) is 17.3 Å². The molecule has 0 atom stereocenters. The molecule has 0 aliphatic heterocycles. The highest BCUT2D eigenvalue weighted by atomic mass is 19.1. The Morgan fingerprint density at radius 2 is 2.25 bits per heavy atom. The molecule has 0 radical (unpaired) electrons. The number of hydrogen-bond donors (Lipinski definition) is 1. The average molecular weight is 278 g/mol. The molecule has 106 valence electrons. The van der Waals surface area contributed by atoms with E-state index in [1.165, 1.54) is 12.1 Å². The molecule has 0 spiro atoms. The smallest absolute Gasteiger partial charge is 0.305 e. The number of carbonyl (C=O) groups is 1. The summed E-state index contributed by atoms with van der Waals surface area (Å²) >= 11 is 0. The van der Waals surface area contributed by atoms with Gasteiger partial charge in [0, 0.05) is 19.2 Å². The molecular weight excluding hydrogens is 263 g/mol. The van der Waals surface area contributed by atoms with Crippen LogP contribution in [0.15, 0.2) is 34.9 Å². The normalized spacial score (nSPS) is 10.5. The number of benzene rings is 1. The van der Waals surface area contributed by atoms with Crippen molar-refractivity contribution in [3.8, 4) is 0 Å². The van der Waals surface area contributed by atoms with E-state index in [1.807, 2.05) is 0 Å². The predicted octanol–water partition coefficient (Wildman–Crippen LogP) is 2.60. The lowest BCUT2D eigenvalue weighted by atomic mass is 10.2. The van der Waals surface area contributed by atoms with Crippen molar-refractivity contribution in [1.82, 2.24) is 5.16 Å². The van der Waals surface area contributed by atoms with E-state index in [1.54, 1.807) is 30.0 Å². The summed E-state index contributed by atoms with van der Waals surface area (Å²) in [6.45, 7) is 2.41. The Hall–Kier alpha value is -2.37. The Bertz CT molecular complexity index is 598. The molecule has 6 heteroatoms. The van der Waals surface area contributed by atoms with Gasteiger partial charge < -0.3 is 14.5 Å². The zero-order valence-electron chi connectivity index (χ0n) is 11.0. The van der Waals surface area contributed by atoms with Crippen molar-refractivity contribution in [2.24, 2.45) is 0 Å². The maximum atomic E-state index is 13.2. The van der Waals surface area contributed by atoms with Gasteiger partial charge in [0.2, 0.25) is 0 Å². The number of aliphatic carboxylic acids is 1. The molecule has 0 aliphatic carbocycles. The molecule has 5 nitrogen and oxygen atoms in total. The van der Waals surface area contributed by atoms with Gasteiger partial charge in [-0.25, -0.2) is 4.39 Å². The molecule has 1 aromatic heterocycles. The molecule has 0 aliphatic rings. The lowest BCUT2D eigenvalue weighted by Crippen LogP contribution is -2.26. The van der Waals surface area contributed by atoms with Crippen molar-refractivity contribution in [2.75, 3.05) is 11.4 Å². The molecule has 1 aromatic carbocycles. The summed E-state index contributed by atoms with van der Waals surface area (Å²) in [5.41, 5.74) is 0.746. The Kier molecular flexibility index (Phi) is 4.34. The van der Waals surface area contributed by atoms with Crippen LogP contribution in [0.3, 0.4) is 0 Å². The van der Waals surface area contributed by atoms with Crippen molar-refractivity contribution in [3.63, 3.8) is 0 Å². The van der Waals surface area contributed by atoms with E-state index in [0.29, 0.717) is 18.1 Å². The fourth-order valence-corrected chi connectivity index (χ4v) is 1.86. The Balaban J connectivity index is 2.15. The number of rotatable bonds is 6. The molecular formula is C14H15FN2O3. The highest BCUT2D eigenvalue weighted by Crippen LogP contribution is 2.18. The molecule has 2 rings (SSSR count). The molecule has 0 saturated heterocycles. The van der Waals surface area contributed by atoms with Crippen LogP contribution in [-0.2, 0) is 11.3 Å². The summed E-state index contributed by atoms with van der Waals surface area (Å²) in [6, 6.07) is 7.91. The van der Waals surface area contributed by atoms with Gasteiger partial charge in [0.25, 0.3) is 0 Å². The van der Waals surface area contributed by atoms with Crippen LogP contribution in [0, 0.1) is 12.7 Å². The number of hydrogen-bond acceptors (Lipinski definition) is 4. The first-order chi connectivity index (χ1) is 9.54. The van der Waals surface area contributed by atoms with Gasteiger partial charge >= 0.3 is 5.97 Å². The monoisotopic (exact) mass is 278 g/mol. The van der Waals surface area contributed by atoms with Gasteiger partial charge in [-0.3, -0.25) is 4.79 Å². The minimum Gasteiger partial charge on any atom is -0.481 e. The second kappa shape index (κ2) is 6.18. The van der Waals surface area contributed by atoms with E-state index in [0.717, 1.165) is 5.56 Å². The fourth-order valence-electron chi connectivity index (χ4n) is 1.86. The summed E-state index contributed by atoms with van der Waals surface area (Å²) in [6.07, 6.45) is -0.0266. The van der Waals surface area contributed by atoms with Gasteiger partial charge in [-0.05, 0) is 24.6 Å². The first-order valence-electron chi connectivity index (χ1n) is 6.19. The third-order valence-electron chi connectivity index (χ3n) is 2.80. The summed E-state index contributed by atoms with van der Waals surface area (Å²) in [7, 11) is 0. The van der Waals surface area contributed by atoms with Gasteiger partial charge in [-0.15, -0.1) is 0 Å². The van der Waals surface area contributed by atoms with Crippen molar-refractivity contribution in [1.29, 1.82) is 0 Å². The number of carboxylic acid groups (broad SMARTS) is 1. The lowest BCUT2D eigenvalue weighted by Gasteiger charge is -2.20. The van der Waals surface area contributed by atoms with Gasteiger partial charge in [0.05, 0.1) is 6.42 Å². The standard InChI is InChI=1S/C14H15FN2O3/c1-10-7-13(16-20-10)17(6-5-14(18)19)9-11-3-2-4-12(15)8-11/h2-4,7-8H,5-6,9H2,1H3,(H,18,19). The van der Waals surface area contributed by atoms with Crippen molar-refractivity contribution < 1.29 is 18.8 Å². The summed E-state index contributed by atoms with van der Waals surface area (Å²) in [4.78, 5) is 12.5. The molecule has 0 bridgehead atoms. The maximum Gasteiger partial charge on any atom is 0.305 e. The molecule has 0 amide bonds. The third kappa shape index (κ3) is 3.81. The predicted molar refractivity (Wildman–Crippen MR) is 70.9 cm³/mol. The molecule has 0 unspecified atom stereocenters. The second-order valence-corrected chi connectivity index (χ2v) is 4.49. The van der Waals surface area contributed by atoms with Crippen LogP contribution >= 0.6 is 0 Å². The van der Waals surface area contributed by atoms with Crippen molar-refractivity contribution in [3.05, 3.63) is 47.5 Å². The largest absolute Gasteiger partial charge is 0.481 e. The van der Waals surface area contributed by atoms with Gasteiger partial charge in [0.1, 0.15) is 11.6 Å². The number of nitrogens with zero attached hydrogens (tertiary/aromatic N) is 2. The lowest BCUT2D eigenvalue weighted by molar-refractivity contribution is -0.136. The van der Waals surface area contributed by atoms with Crippen LogP contribution in [0.1, 0.15) is 17.7 Å². The quantitative estimate of drug-likeness (QED) is 0.879. The Morgan fingerprint density at radius 3 is 2.85 bits per heavy atom. The third-order valence-corrected chi connectivity index (χ3v) is 2.80. The van der Waals surface area contributed by atoms with Crippen molar-refractivity contribution >= 4 is 11.8 Å². The highest BCUT2D eigenvalue weighted by Gasteiger charge is 2.13. The number of halogens is 1. The molecule has 0 fully saturated rings. The van der Waals surface area contributed by atoms with E-state index in [9.17, 15) is 9.18 Å². The van der Waals surface area contributed by atoms with Crippen LogP contribution in [0.25, 0.3) is 0 Å². The first kappa shape index (κ1) is 14.0. The van der Waals surface area contributed by atoms with Crippen LogP contribution in [-0.4, -0.2) is 22.8 Å².